The molecule has 3 rings (SSSR count). The molecule has 2 bridgehead atoms. The number of piperidine rings is 1. The van der Waals surface area contributed by atoms with E-state index in [0.717, 1.165) is 11.6 Å². The van der Waals surface area contributed by atoms with Crippen molar-refractivity contribution in [1.29, 1.82) is 0 Å². The van der Waals surface area contributed by atoms with Gasteiger partial charge in [-0.3, -0.25) is 0 Å². The van der Waals surface area contributed by atoms with E-state index in [-0.39, 0.29) is 0 Å². The lowest BCUT2D eigenvalue weighted by Gasteiger charge is -2.34. The molecule has 13 heavy (non-hydrogen) atoms. The van der Waals surface area contributed by atoms with Gasteiger partial charge in [0.15, 0.2) is 5.13 Å². The number of thiazole rings is 1. The summed E-state index contributed by atoms with van der Waals surface area (Å²) in [6.45, 7) is 0. The lowest BCUT2D eigenvalue weighted by atomic mass is 9.89. The van der Waals surface area contributed by atoms with Crippen LogP contribution in [0.15, 0.2) is 0 Å². The van der Waals surface area contributed by atoms with Crippen molar-refractivity contribution in [3.63, 3.8) is 0 Å². The van der Waals surface area contributed by atoms with Crippen LogP contribution in [0.5, 0.6) is 0 Å². The minimum Gasteiger partial charge on any atom is -0.375 e. The number of nitrogens with one attached hydrogen (secondary N) is 1. The van der Waals surface area contributed by atoms with Crippen molar-refractivity contribution in [3.8, 4) is 0 Å². The van der Waals surface area contributed by atoms with Gasteiger partial charge in [-0.2, -0.15) is 0 Å². The maximum absolute atomic E-state index is 5.72. The van der Waals surface area contributed by atoms with E-state index in [1.54, 1.807) is 11.3 Å². The van der Waals surface area contributed by atoms with Crippen LogP contribution in [0, 0.1) is 0 Å². The van der Waals surface area contributed by atoms with E-state index >= 15 is 0 Å². The van der Waals surface area contributed by atoms with Gasteiger partial charge in [-0.15, -0.1) is 11.3 Å². The number of hydrogen-bond donors (Lipinski definition) is 2. The Kier molecular flexibility index (Phi) is 1.60. The quantitative estimate of drug-likeness (QED) is 0.659. The Hall–Kier alpha value is -0.610. The zero-order valence-corrected chi connectivity index (χ0v) is 8.23. The van der Waals surface area contributed by atoms with Gasteiger partial charge in [0.2, 0.25) is 0 Å². The first kappa shape index (κ1) is 7.76. The molecule has 0 saturated carbocycles. The Labute approximate surface area is 81.4 Å². The third-order valence-corrected chi connectivity index (χ3v) is 4.02. The minimum atomic E-state index is 0.553. The van der Waals surface area contributed by atoms with Gasteiger partial charge in [0.25, 0.3) is 0 Å². The first-order chi connectivity index (χ1) is 6.33. The number of rotatable bonds is 0. The van der Waals surface area contributed by atoms with Crippen LogP contribution in [0.25, 0.3) is 0 Å². The number of nitrogen functional groups attached to an aromatic ring is 1. The molecule has 2 aliphatic heterocycles. The minimum absolute atomic E-state index is 0.553. The molecule has 1 aromatic rings. The maximum Gasteiger partial charge on any atom is 0.180 e. The number of anilines is 1. The van der Waals surface area contributed by atoms with Crippen LogP contribution in [0.4, 0.5) is 5.13 Å². The van der Waals surface area contributed by atoms with Gasteiger partial charge in [0, 0.05) is 23.4 Å². The summed E-state index contributed by atoms with van der Waals surface area (Å²) in [5, 5.41) is 4.37. The molecule has 3 heterocycles. The summed E-state index contributed by atoms with van der Waals surface area (Å²) < 4.78 is 0. The third-order valence-electron chi connectivity index (χ3n) is 2.98. The number of aromatic nitrogens is 1. The van der Waals surface area contributed by atoms with Crippen LogP contribution in [0.2, 0.25) is 0 Å². The van der Waals surface area contributed by atoms with Crippen molar-refractivity contribution in [2.24, 2.45) is 0 Å². The number of nitrogens with zero attached hydrogens (tertiary/aromatic N) is 1. The zero-order valence-electron chi connectivity index (χ0n) is 7.42. The monoisotopic (exact) mass is 195 g/mol. The molecule has 0 aliphatic carbocycles. The van der Waals surface area contributed by atoms with Crippen molar-refractivity contribution >= 4 is 16.5 Å². The molecule has 1 saturated heterocycles. The second-order valence-corrected chi connectivity index (χ2v) is 4.98. The molecule has 1 aromatic heterocycles. The van der Waals surface area contributed by atoms with Crippen LogP contribution in [-0.2, 0) is 6.42 Å². The van der Waals surface area contributed by atoms with E-state index in [0.29, 0.717) is 12.1 Å². The molecule has 2 unspecified atom stereocenters. The summed E-state index contributed by atoms with van der Waals surface area (Å²) in [5.74, 6) is 0. The van der Waals surface area contributed by atoms with Crippen molar-refractivity contribution in [3.05, 3.63) is 10.6 Å². The Morgan fingerprint density at radius 1 is 1.46 bits per heavy atom. The summed E-state index contributed by atoms with van der Waals surface area (Å²) in [6, 6.07) is 1.21. The highest BCUT2D eigenvalue weighted by Gasteiger charge is 2.32. The van der Waals surface area contributed by atoms with Gasteiger partial charge in [-0.1, -0.05) is 0 Å². The molecule has 3 N–H and O–H groups in total. The van der Waals surface area contributed by atoms with Gasteiger partial charge < -0.3 is 11.1 Å². The SMILES string of the molecule is Nc1nc2c(s1)C1CCCC(C2)N1. The van der Waals surface area contributed by atoms with Gasteiger partial charge in [0.1, 0.15) is 0 Å². The largest absolute Gasteiger partial charge is 0.375 e. The molecule has 3 nitrogen and oxygen atoms in total. The summed E-state index contributed by atoms with van der Waals surface area (Å²) in [6.07, 6.45) is 4.98. The van der Waals surface area contributed by atoms with E-state index in [1.807, 2.05) is 0 Å². The predicted octanol–water partition coefficient (Wildman–Crippen LogP) is 1.46. The van der Waals surface area contributed by atoms with E-state index in [4.69, 9.17) is 5.73 Å². The Balaban J connectivity index is 2.05. The summed E-state index contributed by atoms with van der Waals surface area (Å²) >= 11 is 1.66. The first-order valence-electron chi connectivity index (χ1n) is 4.84. The smallest absolute Gasteiger partial charge is 0.180 e. The second-order valence-electron chi connectivity index (χ2n) is 3.91. The Bertz CT molecular complexity index is 334. The highest BCUT2D eigenvalue weighted by molar-refractivity contribution is 7.15. The Morgan fingerprint density at radius 3 is 3.31 bits per heavy atom. The normalized spacial score (nSPS) is 31.4. The Morgan fingerprint density at radius 2 is 2.38 bits per heavy atom. The molecule has 0 amide bonds. The molecule has 70 valence electrons. The second kappa shape index (κ2) is 2.69. The number of nitrogens with two attached hydrogens (primary N) is 1. The fraction of sp³-hybridized carbons (Fsp3) is 0.667. The van der Waals surface area contributed by atoms with Crippen LogP contribution < -0.4 is 11.1 Å². The summed E-state index contributed by atoms with van der Waals surface area (Å²) in [7, 11) is 0. The van der Waals surface area contributed by atoms with E-state index in [9.17, 15) is 0 Å². The third kappa shape index (κ3) is 1.16. The van der Waals surface area contributed by atoms with E-state index in [2.05, 4.69) is 10.3 Å². The maximum atomic E-state index is 5.72. The molecule has 0 spiro atoms. The molecule has 0 aromatic carbocycles. The van der Waals surface area contributed by atoms with Crippen LogP contribution in [0.1, 0.15) is 35.9 Å². The standard InChI is InChI=1S/C9H13N3S/c10-9-12-7-4-5-2-1-3-6(11-5)8(7)13-9/h5-6,11H,1-4H2,(H2,10,12). The molecular formula is C9H13N3S. The van der Waals surface area contributed by atoms with Crippen LogP contribution in [-0.4, -0.2) is 11.0 Å². The number of hydrogen-bond acceptors (Lipinski definition) is 4. The zero-order chi connectivity index (χ0) is 8.84. The lowest BCUT2D eigenvalue weighted by Crippen LogP contribution is -2.42. The van der Waals surface area contributed by atoms with Crippen LogP contribution in [0.3, 0.4) is 0 Å². The highest BCUT2D eigenvalue weighted by Crippen LogP contribution is 2.38. The average Bonchev–Trinajstić information content (AvgIpc) is 2.47. The molecule has 0 radical (unpaired) electrons. The van der Waals surface area contributed by atoms with E-state index in [1.165, 1.54) is 29.8 Å². The topological polar surface area (TPSA) is 50.9 Å². The number of fused-ring (bicyclic) bond motifs is 4. The fourth-order valence-corrected chi connectivity index (χ4v) is 3.38. The first-order valence-corrected chi connectivity index (χ1v) is 5.65. The lowest BCUT2D eigenvalue weighted by molar-refractivity contribution is 0.304. The summed E-state index contributed by atoms with van der Waals surface area (Å²) in [4.78, 5) is 5.79. The predicted molar refractivity (Wildman–Crippen MR) is 53.7 cm³/mol. The average molecular weight is 195 g/mol. The van der Waals surface area contributed by atoms with Crippen molar-refractivity contribution in [2.75, 3.05) is 5.73 Å². The van der Waals surface area contributed by atoms with Crippen molar-refractivity contribution in [1.82, 2.24) is 10.3 Å². The van der Waals surface area contributed by atoms with Crippen molar-refractivity contribution in [2.45, 2.75) is 37.8 Å². The molecular weight excluding hydrogens is 182 g/mol. The van der Waals surface area contributed by atoms with E-state index < -0.39 is 0 Å². The van der Waals surface area contributed by atoms with Crippen LogP contribution >= 0.6 is 11.3 Å². The van der Waals surface area contributed by atoms with Gasteiger partial charge in [-0.25, -0.2) is 4.98 Å². The molecule has 4 heteroatoms. The molecule has 2 atom stereocenters. The molecule has 1 fully saturated rings. The van der Waals surface area contributed by atoms with Crippen molar-refractivity contribution < 1.29 is 0 Å². The van der Waals surface area contributed by atoms with Gasteiger partial charge in [-0.05, 0) is 19.3 Å². The van der Waals surface area contributed by atoms with Gasteiger partial charge in [0.05, 0.1) is 5.69 Å². The summed E-state index contributed by atoms with van der Waals surface area (Å²) in [5.41, 5.74) is 6.98. The fourth-order valence-electron chi connectivity index (χ4n) is 2.42. The highest BCUT2D eigenvalue weighted by atomic mass is 32.1. The molecule has 2 aliphatic rings. The van der Waals surface area contributed by atoms with Gasteiger partial charge >= 0.3 is 0 Å².